The van der Waals surface area contributed by atoms with Crippen LogP contribution in [0.3, 0.4) is 0 Å². The minimum absolute atomic E-state index is 0.178. The number of nitrogens with one attached hydrogen (secondary N) is 1. The van der Waals surface area contributed by atoms with E-state index in [1.807, 2.05) is 0 Å². The third kappa shape index (κ3) is 6.50. The van der Waals surface area contributed by atoms with Gasteiger partial charge in [0.15, 0.2) is 0 Å². The van der Waals surface area contributed by atoms with E-state index in [1.54, 1.807) is 7.11 Å². The van der Waals surface area contributed by atoms with E-state index in [0.717, 1.165) is 45.8 Å². The Bertz CT molecular complexity index is 243. The summed E-state index contributed by atoms with van der Waals surface area (Å²) in [5.74, 6) is 0.663. The van der Waals surface area contributed by atoms with Gasteiger partial charge in [0, 0.05) is 45.3 Å². The Morgan fingerprint density at radius 3 is 2.75 bits per heavy atom. The molecule has 1 fully saturated rings. The fraction of sp³-hybridized carbons (Fsp3) is 1.00. The highest BCUT2D eigenvalue weighted by Crippen LogP contribution is 2.29. The lowest BCUT2D eigenvalue weighted by Crippen LogP contribution is -2.47. The highest BCUT2D eigenvalue weighted by molar-refractivity contribution is 4.88. The van der Waals surface area contributed by atoms with Crippen molar-refractivity contribution in [1.82, 2.24) is 10.2 Å². The molecule has 0 radical (unpaired) electrons. The van der Waals surface area contributed by atoms with Crippen molar-refractivity contribution in [3.63, 3.8) is 0 Å². The lowest BCUT2D eigenvalue weighted by atomic mass is 9.86. The van der Waals surface area contributed by atoms with Gasteiger partial charge in [0.25, 0.3) is 0 Å². The summed E-state index contributed by atoms with van der Waals surface area (Å²) >= 11 is 0. The van der Waals surface area contributed by atoms with Crippen LogP contribution in [-0.4, -0.2) is 76.3 Å². The minimum Gasteiger partial charge on any atom is -0.395 e. The molecule has 5 heteroatoms. The molecule has 0 saturated carbocycles. The van der Waals surface area contributed by atoms with Crippen LogP contribution in [0.4, 0.5) is 0 Å². The van der Waals surface area contributed by atoms with E-state index in [0.29, 0.717) is 19.1 Å². The molecule has 0 aromatic heterocycles. The largest absolute Gasteiger partial charge is 0.395 e. The number of ether oxygens (including phenoxy) is 2. The summed E-state index contributed by atoms with van der Waals surface area (Å²) in [4.78, 5) is 2.29. The zero-order valence-electron chi connectivity index (χ0n) is 13.4. The fourth-order valence-electron chi connectivity index (χ4n) is 2.70. The van der Waals surface area contributed by atoms with Crippen LogP contribution in [0, 0.1) is 11.3 Å². The highest BCUT2D eigenvalue weighted by Gasteiger charge is 2.36. The molecule has 120 valence electrons. The average molecular weight is 288 g/mol. The van der Waals surface area contributed by atoms with Crippen molar-refractivity contribution in [1.29, 1.82) is 0 Å². The second kappa shape index (κ2) is 9.68. The molecule has 1 atom stereocenters. The van der Waals surface area contributed by atoms with Crippen molar-refractivity contribution >= 4 is 0 Å². The van der Waals surface area contributed by atoms with Crippen molar-refractivity contribution in [3.8, 4) is 0 Å². The van der Waals surface area contributed by atoms with Gasteiger partial charge in [-0.1, -0.05) is 13.8 Å². The standard InChI is InChI=1S/C15H32N2O3/c1-14(2)10-16-11-15(4-8-20-13-15)12-17(5-7-18)6-9-19-3/h14,16,18H,4-13H2,1-3H3. The van der Waals surface area contributed by atoms with Gasteiger partial charge in [0.1, 0.15) is 0 Å². The van der Waals surface area contributed by atoms with Crippen molar-refractivity contribution in [2.45, 2.75) is 20.3 Å². The summed E-state index contributed by atoms with van der Waals surface area (Å²) in [6.07, 6.45) is 1.09. The monoisotopic (exact) mass is 288 g/mol. The van der Waals surface area contributed by atoms with Crippen LogP contribution < -0.4 is 5.32 Å². The Balaban J connectivity index is 2.49. The van der Waals surface area contributed by atoms with Gasteiger partial charge in [0.05, 0.1) is 19.8 Å². The van der Waals surface area contributed by atoms with E-state index in [1.165, 1.54) is 0 Å². The maximum Gasteiger partial charge on any atom is 0.0589 e. The molecule has 1 rings (SSSR count). The summed E-state index contributed by atoms with van der Waals surface area (Å²) in [5, 5.41) is 12.8. The normalized spacial score (nSPS) is 23.1. The summed E-state index contributed by atoms with van der Waals surface area (Å²) in [5.41, 5.74) is 0.178. The molecule has 20 heavy (non-hydrogen) atoms. The molecule has 5 nitrogen and oxygen atoms in total. The predicted molar refractivity (Wildman–Crippen MR) is 81.0 cm³/mol. The molecule has 0 amide bonds. The molecule has 1 aliphatic rings. The van der Waals surface area contributed by atoms with E-state index in [2.05, 4.69) is 24.1 Å². The van der Waals surface area contributed by atoms with Crippen molar-refractivity contribution in [3.05, 3.63) is 0 Å². The Kier molecular flexibility index (Phi) is 8.64. The smallest absolute Gasteiger partial charge is 0.0589 e. The minimum atomic E-state index is 0.178. The molecular formula is C15H32N2O3. The number of aliphatic hydroxyl groups excluding tert-OH is 1. The molecule has 2 N–H and O–H groups in total. The summed E-state index contributed by atoms with van der Waals surface area (Å²) in [6.45, 7) is 11.6. The molecule has 0 aromatic rings. The second-order valence-electron chi connectivity index (χ2n) is 6.32. The summed E-state index contributed by atoms with van der Waals surface area (Å²) in [7, 11) is 1.72. The van der Waals surface area contributed by atoms with Crippen molar-refractivity contribution < 1.29 is 14.6 Å². The van der Waals surface area contributed by atoms with E-state index < -0.39 is 0 Å². The third-order valence-corrected chi connectivity index (χ3v) is 3.82. The Morgan fingerprint density at radius 2 is 2.20 bits per heavy atom. The Labute approximate surface area is 123 Å². The molecule has 0 bridgehead atoms. The van der Waals surface area contributed by atoms with Crippen LogP contribution in [0.2, 0.25) is 0 Å². The quantitative estimate of drug-likeness (QED) is 0.582. The number of rotatable bonds is 11. The van der Waals surface area contributed by atoms with Crippen LogP contribution in [0.1, 0.15) is 20.3 Å². The van der Waals surface area contributed by atoms with Crippen LogP contribution >= 0.6 is 0 Å². The van der Waals surface area contributed by atoms with Crippen LogP contribution in [-0.2, 0) is 9.47 Å². The lowest BCUT2D eigenvalue weighted by molar-refractivity contribution is 0.0760. The first-order chi connectivity index (χ1) is 9.62. The fourth-order valence-corrected chi connectivity index (χ4v) is 2.70. The SMILES string of the molecule is COCCN(CCO)CC1(CNCC(C)C)CCOC1. The molecule has 1 unspecified atom stereocenters. The van der Waals surface area contributed by atoms with Crippen LogP contribution in [0.15, 0.2) is 0 Å². The number of hydrogen-bond acceptors (Lipinski definition) is 5. The van der Waals surface area contributed by atoms with E-state index in [-0.39, 0.29) is 12.0 Å². The average Bonchev–Trinajstić information content (AvgIpc) is 2.84. The molecule has 1 heterocycles. The van der Waals surface area contributed by atoms with E-state index >= 15 is 0 Å². The number of nitrogens with zero attached hydrogens (tertiary/aromatic N) is 1. The maximum absolute atomic E-state index is 9.21. The predicted octanol–water partition coefficient (Wildman–Crippen LogP) is 0.579. The van der Waals surface area contributed by atoms with Crippen molar-refractivity contribution in [2.24, 2.45) is 11.3 Å². The van der Waals surface area contributed by atoms with Gasteiger partial charge in [-0.2, -0.15) is 0 Å². The molecule has 1 aliphatic heterocycles. The topological polar surface area (TPSA) is 54.0 Å². The van der Waals surface area contributed by atoms with Gasteiger partial charge in [-0.25, -0.2) is 0 Å². The molecule has 0 aromatic carbocycles. The van der Waals surface area contributed by atoms with Gasteiger partial charge >= 0.3 is 0 Å². The number of aliphatic hydroxyl groups is 1. The lowest BCUT2D eigenvalue weighted by Gasteiger charge is -2.34. The van der Waals surface area contributed by atoms with Crippen LogP contribution in [0.25, 0.3) is 0 Å². The molecule has 0 aliphatic carbocycles. The first kappa shape index (κ1) is 17.9. The van der Waals surface area contributed by atoms with E-state index in [4.69, 9.17) is 9.47 Å². The van der Waals surface area contributed by atoms with Gasteiger partial charge in [-0.3, -0.25) is 4.90 Å². The molecular weight excluding hydrogens is 256 g/mol. The zero-order chi connectivity index (χ0) is 14.8. The second-order valence-corrected chi connectivity index (χ2v) is 6.32. The first-order valence-corrected chi connectivity index (χ1v) is 7.72. The maximum atomic E-state index is 9.21. The Hall–Kier alpha value is -0.200. The molecule has 0 spiro atoms. The zero-order valence-corrected chi connectivity index (χ0v) is 13.4. The van der Waals surface area contributed by atoms with Gasteiger partial charge in [0.2, 0.25) is 0 Å². The number of methoxy groups -OCH3 is 1. The summed E-state index contributed by atoms with van der Waals surface area (Å²) < 4.78 is 10.8. The van der Waals surface area contributed by atoms with Gasteiger partial charge in [-0.05, 0) is 18.9 Å². The summed E-state index contributed by atoms with van der Waals surface area (Å²) in [6, 6.07) is 0. The third-order valence-electron chi connectivity index (χ3n) is 3.82. The molecule has 1 saturated heterocycles. The van der Waals surface area contributed by atoms with Gasteiger partial charge < -0.3 is 19.9 Å². The first-order valence-electron chi connectivity index (χ1n) is 7.72. The Morgan fingerprint density at radius 1 is 1.40 bits per heavy atom. The van der Waals surface area contributed by atoms with Gasteiger partial charge in [-0.15, -0.1) is 0 Å². The number of hydrogen-bond donors (Lipinski definition) is 2. The highest BCUT2D eigenvalue weighted by atomic mass is 16.5. The van der Waals surface area contributed by atoms with Crippen LogP contribution in [0.5, 0.6) is 0 Å². The van der Waals surface area contributed by atoms with E-state index in [9.17, 15) is 5.11 Å². The van der Waals surface area contributed by atoms with Crippen molar-refractivity contribution in [2.75, 3.05) is 66.3 Å².